The molecule has 36 heavy (non-hydrogen) atoms. The Morgan fingerprint density at radius 2 is 1.47 bits per heavy atom. The van der Waals surface area contributed by atoms with Crippen LogP contribution in [0.25, 0.3) is 0 Å². The zero-order chi connectivity index (χ0) is 25.1. The summed E-state index contributed by atoms with van der Waals surface area (Å²) in [5.41, 5.74) is 1.53. The lowest BCUT2D eigenvalue weighted by molar-refractivity contribution is -0.139. The van der Waals surface area contributed by atoms with Gasteiger partial charge in [-0.1, -0.05) is 61.7 Å². The van der Waals surface area contributed by atoms with Gasteiger partial charge in [0.05, 0.1) is 17.0 Å². The first-order chi connectivity index (χ1) is 17.5. The van der Waals surface area contributed by atoms with Gasteiger partial charge in [0.1, 0.15) is 6.04 Å². The molecule has 2 unspecified atom stereocenters. The summed E-state index contributed by atoms with van der Waals surface area (Å²) in [5.74, 6) is -1.41. The Morgan fingerprint density at radius 3 is 2.14 bits per heavy atom. The summed E-state index contributed by atoms with van der Waals surface area (Å²) in [6, 6.07) is 15.4. The van der Waals surface area contributed by atoms with Crippen molar-refractivity contribution in [3.05, 3.63) is 71.3 Å². The van der Waals surface area contributed by atoms with Gasteiger partial charge in [0.15, 0.2) is 0 Å². The molecule has 2 aliphatic heterocycles. The van der Waals surface area contributed by atoms with Crippen LogP contribution in [0, 0.1) is 5.92 Å². The average Bonchev–Trinajstić information content (AvgIpc) is 3.18. The lowest BCUT2D eigenvalue weighted by atomic mass is 9.92. The fourth-order valence-corrected chi connectivity index (χ4v) is 5.79. The Labute approximate surface area is 211 Å². The molecule has 4 amide bonds. The number of fused-ring (bicyclic) bond motifs is 1. The number of likely N-dealkylation sites (tertiary alicyclic amines) is 1. The third kappa shape index (κ3) is 4.92. The van der Waals surface area contributed by atoms with Crippen molar-refractivity contribution < 1.29 is 19.2 Å². The fourth-order valence-electron chi connectivity index (χ4n) is 5.79. The summed E-state index contributed by atoms with van der Waals surface area (Å²) in [6.45, 7) is 0.826. The molecular formula is C29H33N3O4. The molecule has 1 saturated heterocycles. The van der Waals surface area contributed by atoms with E-state index >= 15 is 0 Å². The molecule has 0 radical (unpaired) electrons. The number of amides is 4. The summed E-state index contributed by atoms with van der Waals surface area (Å²) in [7, 11) is 0. The van der Waals surface area contributed by atoms with E-state index < -0.39 is 17.9 Å². The van der Waals surface area contributed by atoms with Crippen LogP contribution in [0.15, 0.2) is 54.6 Å². The Kier molecular flexibility index (Phi) is 7.16. The van der Waals surface area contributed by atoms with Crippen molar-refractivity contribution in [3.63, 3.8) is 0 Å². The van der Waals surface area contributed by atoms with Gasteiger partial charge in [-0.3, -0.25) is 24.1 Å². The fraction of sp³-hybridized carbons (Fsp3) is 0.448. The van der Waals surface area contributed by atoms with Crippen LogP contribution in [0.1, 0.15) is 71.2 Å². The van der Waals surface area contributed by atoms with E-state index in [-0.39, 0.29) is 30.2 Å². The molecule has 7 heteroatoms. The molecule has 7 nitrogen and oxygen atoms in total. The number of rotatable bonds is 6. The monoisotopic (exact) mass is 487 g/mol. The van der Waals surface area contributed by atoms with Crippen LogP contribution < -0.4 is 5.32 Å². The van der Waals surface area contributed by atoms with E-state index in [1.54, 1.807) is 29.2 Å². The molecule has 2 aromatic rings. The molecule has 0 bridgehead atoms. The number of carbonyl (C=O) groups is 4. The molecule has 1 saturated carbocycles. The molecule has 2 fully saturated rings. The first kappa shape index (κ1) is 24.2. The zero-order valence-corrected chi connectivity index (χ0v) is 20.5. The lowest BCUT2D eigenvalue weighted by Crippen LogP contribution is -2.55. The van der Waals surface area contributed by atoms with Crippen molar-refractivity contribution in [3.8, 4) is 0 Å². The molecule has 3 aliphatic rings. The second-order valence-electron chi connectivity index (χ2n) is 10.2. The van der Waals surface area contributed by atoms with Crippen LogP contribution in [0.4, 0.5) is 0 Å². The van der Waals surface area contributed by atoms with E-state index in [2.05, 4.69) is 5.32 Å². The van der Waals surface area contributed by atoms with Crippen LogP contribution >= 0.6 is 0 Å². The van der Waals surface area contributed by atoms with E-state index in [9.17, 15) is 19.2 Å². The predicted molar refractivity (Wildman–Crippen MR) is 135 cm³/mol. The van der Waals surface area contributed by atoms with Gasteiger partial charge < -0.3 is 10.2 Å². The molecule has 188 valence electrons. The summed E-state index contributed by atoms with van der Waals surface area (Å²) >= 11 is 0. The number of nitrogens with one attached hydrogen (secondary N) is 1. The largest absolute Gasteiger partial charge is 0.353 e. The number of imide groups is 1. The van der Waals surface area contributed by atoms with Crippen molar-refractivity contribution in [1.29, 1.82) is 0 Å². The van der Waals surface area contributed by atoms with Gasteiger partial charge in [-0.2, -0.15) is 0 Å². The van der Waals surface area contributed by atoms with Crippen LogP contribution in [0.5, 0.6) is 0 Å². The Balaban J connectivity index is 1.36. The molecule has 1 N–H and O–H groups in total. The SMILES string of the molecule is O=C(NC1CCCCC1)C1CCCN(C(=O)C(Cc2ccccc2)N2C(=O)c3ccccc3C2=O)C1. The van der Waals surface area contributed by atoms with Crippen LogP contribution in [-0.4, -0.2) is 58.6 Å². The highest BCUT2D eigenvalue weighted by atomic mass is 16.2. The van der Waals surface area contributed by atoms with Crippen molar-refractivity contribution in [2.75, 3.05) is 13.1 Å². The minimum Gasteiger partial charge on any atom is -0.353 e. The molecular weight excluding hydrogens is 454 g/mol. The normalized spacial score (nSPS) is 21.3. The van der Waals surface area contributed by atoms with E-state index in [4.69, 9.17) is 0 Å². The van der Waals surface area contributed by atoms with Gasteiger partial charge >= 0.3 is 0 Å². The maximum absolute atomic E-state index is 13.9. The van der Waals surface area contributed by atoms with E-state index in [0.717, 1.165) is 42.6 Å². The highest BCUT2D eigenvalue weighted by molar-refractivity contribution is 6.22. The third-order valence-corrected chi connectivity index (χ3v) is 7.75. The average molecular weight is 488 g/mol. The van der Waals surface area contributed by atoms with Gasteiger partial charge in [0, 0.05) is 25.6 Å². The summed E-state index contributed by atoms with van der Waals surface area (Å²) in [6.07, 6.45) is 7.22. The standard InChI is InChI=1S/C29H33N3O4/c33-26(30-22-13-5-2-6-14-22)21-12-9-17-31(19-21)29(36)25(18-20-10-3-1-4-11-20)32-27(34)23-15-7-8-16-24(23)28(32)35/h1,3-4,7-8,10-11,15-16,21-22,25H,2,5-6,9,12-14,17-19H2,(H,30,33). The van der Waals surface area contributed by atoms with Crippen LogP contribution in [-0.2, 0) is 16.0 Å². The quantitative estimate of drug-likeness (QED) is 0.631. The van der Waals surface area contributed by atoms with E-state index in [1.807, 2.05) is 30.3 Å². The van der Waals surface area contributed by atoms with Crippen molar-refractivity contribution in [1.82, 2.24) is 15.1 Å². The molecule has 5 rings (SSSR count). The first-order valence-corrected chi connectivity index (χ1v) is 13.1. The highest BCUT2D eigenvalue weighted by Crippen LogP contribution is 2.28. The van der Waals surface area contributed by atoms with Crippen LogP contribution in [0.2, 0.25) is 0 Å². The molecule has 2 aromatic carbocycles. The molecule has 0 aromatic heterocycles. The zero-order valence-electron chi connectivity index (χ0n) is 20.5. The Bertz CT molecular complexity index is 1110. The van der Waals surface area contributed by atoms with Crippen molar-refractivity contribution >= 4 is 23.6 Å². The number of piperidine rings is 1. The molecule has 2 heterocycles. The van der Waals surface area contributed by atoms with E-state index in [1.165, 1.54) is 6.42 Å². The maximum atomic E-state index is 13.9. The second kappa shape index (κ2) is 10.6. The number of hydrogen-bond donors (Lipinski definition) is 1. The summed E-state index contributed by atoms with van der Waals surface area (Å²) < 4.78 is 0. The topological polar surface area (TPSA) is 86.8 Å². The van der Waals surface area contributed by atoms with Crippen molar-refractivity contribution in [2.24, 2.45) is 5.92 Å². The molecule has 0 spiro atoms. The minimum atomic E-state index is -0.958. The number of carbonyl (C=O) groups excluding carboxylic acids is 4. The lowest BCUT2D eigenvalue weighted by Gasteiger charge is -2.37. The molecule has 1 aliphatic carbocycles. The van der Waals surface area contributed by atoms with Gasteiger partial charge in [0.25, 0.3) is 11.8 Å². The predicted octanol–water partition coefficient (Wildman–Crippen LogP) is 3.58. The van der Waals surface area contributed by atoms with E-state index in [0.29, 0.717) is 30.6 Å². The summed E-state index contributed by atoms with van der Waals surface area (Å²) in [5, 5.41) is 3.20. The minimum absolute atomic E-state index is 0.0136. The number of nitrogens with zero attached hydrogens (tertiary/aromatic N) is 2. The number of hydrogen-bond acceptors (Lipinski definition) is 4. The molecule has 2 atom stereocenters. The van der Waals surface area contributed by atoms with Crippen molar-refractivity contribution in [2.45, 2.75) is 63.5 Å². The van der Waals surface area contributed by atoms with Gasteiger partial charge in [-0.15, -0.1) is 0 Å². The summed E-state index contributed by atoms with van der Waals surface area (Å²) in [4.78, 5) is 56.4. The van der Waals surface area contributed by atoms with Gasteiger partial charge in [-0.25, -0.2) is 0 Å². The smallest absolute Gasteiger partial charge is 0.262 e. The Morgan fingerprint density at radius 1 is 0.833 bits per heavy atom. The second-order valence-corrected chi connectivity index (χ2v) is 10.2. The maximum Gasteiger partial charge on any atom is 0.262 e. The third-order valence-electron chi connectivity index (χ3n) is 7.75. The van der Waals surface area contributed by atoms with Crippen LogP contribution in [0.3, 0.4) is 0 Å². The first-order valence-electron chi connectivity index (χ1n) is 13.1. The Hall–Kier alpha value is -3.48. The number of benzene rings is 2. The van der Waals surface area contributed by atoms with Gasteiger partial charge in [-0.05, 0) is 43.4 Å². The highest BCUT2D eigenvalue weighted by Gasteiger charge is 2.44. The van der Waals surface area contributed by atoms with Gasteiger partial charge in [0.2, 0.25) is 11.8 Å².